The van der Waals surface area contributed by atoms with Crippen molar-refractivity contribution in [2.45, 2.75) is 57.3 Å². The van der Waals surface area contributed by atoms with Crippen molar-refractivity contribution in [3.05, 3.63) is 95.3 Å². The average Bonchev–Trinajstić information content (AvgIpc) is 3.48. The predicted octanol–water partition coefficient (Wildman–Crippen LogP) is 3.88. The van der Waals surface area contributed by atoms with Crippen molar-refractivity contribution >= 4 is 22.6 Å². The summed E-state index contributed by atoms with van der Waals surface area (Å²) < 4.78 is 0. The third-order valence-corrected chi connectivity index (χ3v) is 7.28. The number of carboxylic acids is 1. The molecule has 9 nitrogen and oxygen atoms in total. The Morgan fingerprint density at radius 2 is 1.90 bits per heavy atom. The number of hydrogen-bond acceptors (Lipinski definition) is 6. The van der Waals surface area contributed by atoms with Crippen molar-refractivity contribution in [1.29, 1.82) is 0 Å². The lowest BCUT2D eigenvalue weighted by molar-refractivity contribution is -0.139. The first-order valence-corrected chi connectivity index (χ1v) is 13.5. The summed E-state index contributed by atoms with van der Waals surface area (Å²) in [5.74, 6) is -0.561. The van der Waals surface area contributed by atoms with E-state index in [4.69, 9.17) is 0 Å². The van der Waals surface area contributed by atoms with Crippen LogP contribution in [0, 0.1) is 0 Å². The number of aromatic amines is 1. The standard InChI is InChI=1S/C30H34N6O3/c37-29(24-13-12-21(22-8-1-2-9-23(22)24)18-31-19-27-33-16-17-34-27)36-26(30(38)39)11-5-14-32-25-10-3-6-20-7-4-15-35-28(20)25/h1-2,4,7-9,12-13,15-17,25-26,31-32H,3,5-6,10-11,14,18-19H2,(H,33,34)(H,36,37)(H,38,39). The minimum Gasteiger partial charge on any atom is -0.480 e. The number of carbonyl (C=O) groups is 2. The number of amides is 1. The summed E-state index contributed by atoms with van der Waals surface area (Å²) >= 11 is 0. The summed E-state index contributed by atoms with van der Waals surface area (Å²) in [6, 6.07) is 14.7. The van der Waals surface area contributed by atoms with Crippen LogP contribution in [0.5, 0.6) is 0 Å². The van der Waals surface area contributed by atoms with Crippen LogP contribution in [0.3, 0.4) is 0 Å². The molecule has 4 aromatic rings. The van der Waals surface area contributed by atoms with Gasteiger partial charge in [0, 0.05) is 36.7 Å². The number of carboxylic acid groups (broad SMARTS) is 1. The van der Waals surface area contributed by atoms with Gasteiger partial charge in [-0.15, -0.1) is 0 Å². The van der Waals surface area contributed by atoms with E-state index in [9.17, 15) is 14.7 Å². The first-order chi connectivity index (χ1) is 19.1. The van der Waals surface area contributed by atoms with Gasteiger partial charge in [-0.25, -0.2) is 9.78 Å². The normalized spacial score (nSPS) is 15.5. The Kier molecular flexibility index (Phi) is 8.60. The van der Waals surface area contributed by atoms with Crippen molar-refractivity contribution in [3.63, 3.8) is 0 Å². The Balaban J connectivity index is 1.19. The van der Waals surface area contributed by atoms with E-state index in [1.807, 2.05) is 42.6 Å². The molecule has 0 saturated heterocycles. The Labute approximate surface area is 227 Å². The number of hydrogen-bond donors (Lipinski definition) is 5. The van der Waals surface area contributed by atoms with Gasteiger partial charge in [0.1, 0.15) is 11.9 Å². The van der Waals surface area contributed by atoms with Gasteiger partial charge in [0.15, 0.2) is 0 Å². The Bertz CT molecular complexity index is 1420. The van der Waals surface area contributed by atoms with E-state index in [2.05, 4.69) is 37.0 Å². The van der Waals surface area contributed by atoms with Gasteiger partial charge < -0.3 is 26.0 Å². The molecular weight excluding hydrogens is 492 g/mol. The zero-order valence-electron chi connectivity index (χ0n) is 21.8. The number of aryl methyl sites for hydroxylation is 1. The number of aliphatic carboxylic acids is 1. The fraction of sp³-hybridized carbons (Fsp3) is 0.333. The zero-order chi connectivity index (χ0) is 27.0. The van der Waals surface area contributed by atoms with Gasteiger partial charge in [-0.2, -0.15) is 0 Å². The van der Waals surface area contributed by atoms with Crippen molar-refractivity contribution in [3.8, 4) is 0 Å². The number of nitrogens with zero attached hydrogens (tertiary/aromatic N) is 2. The molecule has 1 amide bonds. The van der Waals surface area contributed by atoms with Gasteiger partial charge in [-0.3, -0.25) is 9.78 Å². The van der Waals surface area contributed by atoms with Gasteiger partial charge in [0.2, 0.25) is 0 Å². The molecule has 0 saturated carbocycles. The molecule has 0 bridgehead atoms. The Hall–Kier alpha value is -4.08. The van der Waals surface area contributed by atoms with Gasteiger partial charge >= 0.3 is 5.97 Å². The number of aromatic nitrogens is 3. The molecule has 5 rings (SSSR count). The van der Waals surface area contributed by atoms with Crippen molar-refractivity contribution in [1.82, 2.24) is 30.9 Å². The van der Waals surface area contributed by atoms with E-state index in [1.165, 1.54) is 5.56 Å². The van der Waals surface area contributed by atoms with Crippen LogP contribution in [0.2, 0.25) is 0 Å². The third-order valence-electron chi connectivity index (χ3n) is 7.28. The van der Waals surface area contributed by atoms with E-state index in [1.54, 1.807) is 18.5 Å². The van der Waals surface area contributed by atoms with Crippen molar-refractivity contribution < 1.29 is 14.7 Å². The fourth-order valence-corrected chi connectivity index (χ4v) is 5.31. The molecule has 39 heavy (non-hydrogen) atoms. The van der Waals surface area contributed by atoms with Gasteiger partial charge in [-0.1, -0.05) is 36.4 Å². The maximum atomic E-state index is 13.2. The van der Waals surface area contributed by atoms with E-state index < -0.39 is 12.0 Å². The van der Waals surface area contributed by atoms with Crippen molar-refractivity contribution in [2.75, 3.05) is 6.54 Å². The van der Waals surface area contributed by atoms with Crippen LogP contribution in [0.15, 0.2) is 67.1 Å². The Morgan fingerprint density at radius 3 is 2.72 bits per heavy atom. The van der Waals surface area contributed by atoms with Gasteiger partial charge in [0.05, 0.1) is 12.2 Å². The molecule has 202 valence electrons. The lowest BCUT2D eigenvalue weighted by Crippen LogP contribution is -2.41. The maximum absolute atomic E-state index is 13.2. The van der Waals surface area contributed by atoms with Gasteiger partial charge in [0.25, 0.3) is 5.91 Å². The monoisotopic (exact) mass is 526 g/mol. The SMILES string of the molecule is O=C(NC(CCCNC1CCCc2cccnc21)C(=O)O)c1ccc(CNCc2ncc[nH]2)c2ccccc12. The summed E-state index contributed by atoms with van der Waals surface area (Å²) in [5, 5.41) is 21.2. The molecule has 2 aromatic carbocycles. The molecule has 9 heteroatoms. The average molecular weight is 527 g/mol. The van der Waals surface area contributed by atoms with Crippen LogP contribution in [0.25, 0.3) is 10.8 Å². The predicted molar refractivity (Wildman–Crippen MR) is 149 cm³/mol. The molecule has 5 N–H and O–H groups in total. The van der Waals surface area contributed by atoms with Crippen molar-refractivity contribution in [2.24, 2.45) is 0 Å². The summed E-state index contributed by atoms with van der Waals surface area (Å²) in [5.41, 5.74) is 3.89. The van der Waals surface area contributed by atoms with E-state index in [0.717, 1.165) is 47.1 Å². The maximum Gasteiger partial charge on any atom is 0.326 e. The summed E-state index contributed by atoms with van der Waals surface area (Å²) in [6.07, 6.45) is 9.46. The number of carbonyl (C=O) groups excluding carboxylic acids is 1. The molecular formula is C30H34N6O3. The number of pyridine rings is 1. The molecule has 1 aliphatic rings. The summed E-state index contributed by atoms with van der Waals surface area (Å²) in [7, 11) is 0. The lowest BCUT2D eigenvalue weighted by atomic mass is 9.92. The van der Waals surface area contributed by atoms with Crippen LogP contribution in [-0.2, 0) is 24.3 Å². The van der Waals surface area contributed by atoms with Crippen LogP contribution in [-0.4, -0.2) is 44.5 Å². The fourth-order valence-electron chi connectivity index (χ4n) is 5.31. The van der Waals surface area contributed by atoms with E-state index in [0.29, 0.717) is 38.0 Å². The van der Waals surface area contributed by atoms with Crippen LogP contribution in [0.4, 0.5) is 0 Å². The molecule has 2 heterocycles. The van der Waals surface area contributed by atoms with Crippen LogP contribution >= 0.6 is 0 Å². The largest absolute Gasteiger partial charge is 0.480 e. The molecule has 0 fully saturated rings. The quantitative estimate of drug-likeness (QED) is 0.177. The highest BCUT2D eigenvalue weighted by Gasteiger charge is 2.23. The molecule has 2 atom stereocenters. The molecule has 1 aliphatic carbocycles. The summed E-state index contributed by atoms with van der Waals surface area (Å²) in [6.45, 7) is 1.86. The second kappa shape index (κ2) is 12.6. The molecule has 0 aliphatic heterocycles. The zero-order valence-corrected chi connectivity index (χ0v) is 21.8. The minimum absolute atomic E-state index is 0.186. The molecule has 2 aromatic heterocycles. The number of nitrogens with one attached hydrogen (secondary N) is 4. The second-order valence-corrected chi connectivity index (χ2v) is 9.91. The number of H-pyrrole nitrogens is 1. The Morgan fingerprint density at radius 1 is 1.03 bits per heavy atom. The highest BCUT2D eigenvalue weighted by molar-refractivity contribution is 6.08. The topological polar surface area (TPSA) is 132 Å². The van der Waals surface area contributed by atoms with E-state index >= 15 is 0 Å². The number of imidazole rings is 1. The number of benzene rings is 2. The molecule has 0 radical (unpaired) electrons. The first-order valence-electron chi connectivity index (χ1n) is 13.5. The third kappa shape index (κ3) is 6.50. The number of rotatable bonds is 12. The number of fused-ring (bicyclic) bond motifs is 2. The van der Waals surface area contributed by atoms with Gasteiger partial charge in [-0.05, 0) is 72.7 Å². The highest BCUT2D eigenvalue weighted by Crippen LogP contribution is 2.27. The molecule has 2 unspecified atom stereocenters. The van der Waals surface area contributed by atoms with Crippen LogP contribution < -0.4 is 16.0 Å². The van der Waals surface area contributed by atoms with Crippen LogP contribution in [0.1, 0.15) is 64.7 Å². The first kappa shape index (κ1) is 26.5. The van der Waals surface area contributed by atoms with E-state index in [-0.39, 0.29) is 11.9 Å². The smallest absolute Gasteiger partial charge is 0.326 e. The summed E-state index contributed by atoms with van der Waals surface area (Å²) in [4.78, 5) is 37.1. The second-order valence-electron chi connectivity index (χ2n) is 9.91. The highest BCUT2D eigenvalue weighted by atomic mass is 16.4. The minimum atomic E-state index is -1.03. The lowest BCUT2D eigenvalue weighted by Gasteiger charge is -2.25. The molecule has 0 spiro atoms.